The molecule has 0 aliphatic rings. The maximum absolute atomic E-state index is 12.5. The number of oxazole rings is 1. The first kappa shape index (κ1) is 22.2. The predicted molar refractivity (Wildman–Crippen MR) is 138 cm³/mol. The summed E-state index contributed by atoms with van der Waals surface area (Å²) >= 11 is 7.56. The van der Waals surface area contributed by atoms with Crippen molar-refractivity contribution in [1.29, 1.82) is 0 Å². The van der Waals surface area contributed by atoms with Crippen LogP contribution in [-0.2, 0) is 0 Å². The molecule has 1 aromatic heterocycles. The van der Waals surface area contributed by atoms with Gasteiger partial charge in [-0.2, -0.15) is 0 Å². The van der Waals surface area contributed by atoms with Gasteiger partial charge in [0.25, 0.3) is 5.91 Å². The maximum Gasteiger partial charge on any atom is 0.257 e. The van der Waals surface area contributed by atoms with Gasteiger partial charge in [0, 0.05) is 20.4 Å². The van der Waals surface area contributed by atoms with E-state index in [1.165, 1.54) is 0 Å². The van der Waals surface area contributed by atoms with E-state index in [4.69, 9.17) is 21.4 Å². The number of thiocarbonyl (C=S) groups is 1. The van der Waals surface area contributed by atoms with Crippen molar-refractivity contribution in [3.63, 3.8) is 0 Å². The van der Waals surface area contributed by atoms with Crippen molar-refractivity contribution < 1.29 is 13.9 Å². The third kappa shape index (κ3) is 5.43. The minimum absolute atomic E-state index is 0.196. The molecule has 0 saturated heterocycles. The van der Waals surface area contributed by atoms with Crippen LogP contribution in [0.3, 0.4) is 0 Å². The molecule has 2 N–H and O–H groups in total. The molecule has 162 valence electrons. The molecule has 0 unspecified atom stereocenters. The van der Waals surface area contributed by atoms with Crippen LogP contribution in [-0.4, -0.2) is 22.6 Å². The number of hydrogen-bond donors (Lipinski definition) is 2. The Balaban J connectivity index is 1.41. The van der Waals surface area contributed by atoms with Crippen LogP contribution in [0.5, 0.6) is 5.75 Å². The van der Waals surface area contributed by atoms with Gasteiger partial charge in [-0.05, 0) is 102 Å². The monoisotopic (exact) mass is 557 g/mol. The number of fused-ring (bicyclic) bond motifs is 1. The number of halogens is 1. The number of carbonyl (C=O) groups excluding carboxylic acids is 1. The van der Waals surface area contributed by atoms with Gasteiger partial charge in [-0.3, -0.25) is 10.1 Å². The van der Waals surface area contributed by atoms with Crippen molar-refractivity contribution in [3.05, 3.63) is 75.9 Å². The SMILES string of the molecule is CCCOc1ccc(C(=O)NC(=S)Nc2ccc3oc(-c4cccc(I)c4)nc3c2)cc1. The van der Waals surface area contributed by atoms with Crippen molar-refractivity contribution in [2.75, 3.05) is 11.9 Å². The highest BCUT2D eigenvalue weighted by atomic mass is 127. The molecule has 1 heterocycles. The highest BCUT2D eigenvalue weighted by molar-refractivity contribution is 14.1. The van der Waals surface area contributed by atoms with Gasteiger partial charge in [0.05, 0.1) is 6.61 Å². The summed E-state index contributed by atoms with van der Waals surface area (Å²) in [6.07, 6.45) is 0.926. The van der Waals surface area contributed by atoms with Crippen LogP contribution in [0.4, 0.5) is 5.69 Å². The number of nitrogens with zero attached hydrogens (tertiary/aromatic N) is 1. The van der Waals surface area contributed by atoms with Crippen molar-refractivity contribution in [1.82, 2.24) is 10.3 Å². The van der Waals surface area contributed by atoms with Crippen LogP contribution in [0.25, 0.3) is 22.6 Å². The number of rotatable bonds is 6. The number of ether oxygens (including phenoxy) is 1. The largest absolute Gasteiger partial charge is 0.494 e. The Hall–Kier alpha value is -2.98. The molecule has 6 nitrogen and oxygen atoms in total. The molecule has 4 rings (SSSR count). The molecule has 0 bridgehead atoms. The van der Waals surface area contributed by atoms with Crippen LogP contribution in [0.2, 0.25) is 0 Å². The molecule has 3 aromatic carbocycles. The molecular formula is C24H20IN3O3S. The van der Waals surface area contributed by atoms with E-state index in [1.807, 2.05) is 49.4 Å². The number of carbonyl (C=O) groups is 1. The van der Waals surface area contributed by atoms with Gasteiger partial charge < -0.3 is 14.5 Å². The fourth-order valence-electron chi connectivity index (χ4n) is 3.01. The lowest BCUT2D eigenvalue weighted by Crippen LogP contribution is -2.34. The molecule has 1 amide bonds. The third-order valence-corrected chi connectivity index (χ3v) is 5.41. The smallest absolute Gasteiger partial charge is 0.257 e. The molecule has 0 aliphatic carbocycles. The number of hydrogen-bond acceptors (Lipinski definition) is 5. The molecule has 0 spiro atoms. The first-order chi connectivity index (χ1) is 15.5. The second kappa shape index (κ2) is 10.1. The van der Waals surface area contributed by atoms with E-state index in [1.54, 1.807) is 24.3 Å². The molecule has 0 radical (unpaired) electrons. The summed E-state index contributed by atoms with van der Waals surface area (Å²) in [4.78, 5) is 17.0. The normalized spacial score (nSPS) is 10.7. The molecule has 32 heavy (non-hydrogen) atoms. The number of benzene rings is 3. The summed E-state index contributed by atoms with van der Waals surface area (Å²) in [5.41, 5.74) is 3.47. The van der Waals surface area contributed by atoms with Crippen LogP contribution >= 0.6 is 34.8 Å². The van der Waals surface area contributed by atoms with Gasteiger partial charge >= 0.3 is 0 Å². The molecular weight excluding hydrogens is 537 g/mol. The van der Waals surface area contributed by atoms with Crippen LogP contribution < -0.4 is 15.4 Å². The first-order valence-electron chi connectivity index (χ1n) is 10.0. The van der Waals surface area contributed by atoms with Gasteiger partial charge in [0.1, 0.15) is 11.3 Å². The number of amides is 1. The van der Waals surface area contributed by atoms with Crippen LogP contribution in [0.15, 0.2) is 71.1 Å². The molecule has 0 atom stereocenters. The molecule has 0 aliphatic heterocycles. The second-order valence-corrected chi connectivity index (χ2v) is 8.65. The minimum Gasteiger partial charge on any atom is -0.494 e. The molecule has 8 heteroatoms. The summed E-state index contributed by atoms with van der Waals surface area (Å²) in [7, 11) is 0. The van der Waals surface area contributed by atoms with Crippen molar-refractivity contribution in [2.45, 2.75) is 13.3 Å². The van der Waals surface area contributed by atoms with E-state index in [0.29, 0.717) is 34.8 Å². The van der Waals surface area contributed by atoms with E-state index in [2.05, 4.69) is 38.2 Å². The first-order valence-corrected chi connectivity index (χ1v) is 11.5. The zero-order valence-electron chi connectivity index (χ0n) is 17.2. The lowest BCUT2D eigenvalue weighted by atomic mass is 10.2. The Morgan fingerprint density at radius 1 is 1.12 bits per heavy atom. The number of nitrogens with one attached hydrogen (secondary N) is 2. The van der Waals surface area contributed by atoms with Gasteiger partial charge in [-0.1, -0.05) is 13.0 Å². The number of anilines is 1. The second-order valence-electron chi connectivity index (χ2n) is 6.99. The number of aromatic nitrogens is 1. The van der Waals surface area contributed by atoms with Crippen molar-refractivity contribution in [2.24, 2.45) is 0 Å². The van der Waals surface area contributed by atoms with Crippen molar-refractivity contribution >= 4 is 62.6 Å². The Kier molecular flexibility index (Phi) is 7.01. The van der Waals surface area contributed by atoms with Gasteiger partial charge in [0.2, 0.25) is 5.89 Å². The lowest BCUT2D eigenvalue weighted by molar-refractivity contribution is 0.0977. The lowest BCUT2D eigenvalue weighted by Gasteiger charge is -2.10. The fourth-order valence-corrected chi connectivity index (χ4v) is 3.76. The van der Waals surface area contributed by atoms with Crippen LogP contribution in [0.1, 0.15) is 23.7 Å². The van der Waals surface area contributed by atoms with Crippen molar-refractivity contribution in [3.8, 4) is 17.2 Å². The summed E-state index contributed by atoms with van der Waals surface area (Å²) < 4.78 is 12.5. The van der Waals surface area contributed by atoms with E-state index in [9.17, 15) is 4.79 Å². The van der Waals surface area contributed by atoms with E-state index in [-0.39, 0.29) is 11.0 Å². The fraction of sp³-hybridized carbons (Fsp3) is 0.125. The minimum atomic E-state index is -0.298. The molecule has 0 fully saturated rings. The maximum atomic E-state index is 12.5. The van der Waals surface area contributed by atoms with E-state index >= 15 is 0 Å². The van der Waals surface area contributed by atoms with Crippen LogP contribution in [0, 0.1) is 3.57 Å². The highest BCUT2D eigenvalue weighted by Crippen LogP contribution is 2.27. The highest BCUT2D eigenvalue weighted by Gasteiger charge is 2.11. The van der Waals surface area contributed by atoms with Gasteiger partial charge in [0.15, 0.2) is 10.7 Å². The molecule has 0 saturated carbocycles. The quantitative estimate of drug-likeness (QED) is 0.223. The average molecular weight is 557 g/mol. The summed E-state index contributed by atoms with van der Waals surface area (Å²) in [6.45, 7) is 2.68. The summed E-state index contributed by atoms with van der Waals surface area (Å²) in [5.74, 6) is 0.987. The topological polar surface area (TPSA) is 76.4 Å². The summed E-state index contributed by atoms with van der Waals surface area (Å²) in [5, 5.41) is 5.91. The Morgan fingerprint density at radius 3 is 2.69 bits per heavy atom. The Morgan fingerprint density at radius 2 is 1.94 bits per heavy atom. The standard InChI is InChI=1S/C24H20IN3O3S/c1-2-12-30-19-9-6-15(7-10-19)22(29)28-24(32)26-18-8-11-21-20(14-18)27-23(31-21)16-4-3-5-17(25)13-16/h3-11,13-14H,2,12H2,1H3,(H2,26,28,29,32). The average Bonchev–Trinajstić information content (AvgIpc) is 3.21. The Bertz CT molecular complexity index is 1270. The zero-order chi connectivity index (χ0) is 22.5. The Labute approximate surface area is 204 Å². The van der Waals surface area contributed by atoms with E-state index in [0.717, 1.165) is 21.3 Å². The van der Waals surface area contributed by atoms with E-state index < -0.39 is 0 Å². The zero-order valence-corrected chi connectivity index (χ0v) is 20.2. The summed E-state index contributed by atoms with van der Waals surface area (Å²) in [6, 6.07) is 20.4. The predicted octanol–water partition coefficient (Wildman–Crippen LogP) is 6.02. The van der Waals surface area contributed by atoms with Gasteiger partial charge in [-0.15, -0.1) is 0 Å². The van der Waals surface area contributed by atoms with Gasteiger partial charge in [-0.25, -0.2) is 4.98 Å². The third-order valence-electron chi connectivity index (χ3n) is 4.53. The molecule has 4 aromatic rings.